The molecule has 1 rings (SSSR count). The number of benzene rings is 1. The molecule has 0 aliphatic carbocycles. The van der Waals surface area contributed by atoms with E-state index in [4.69, 9.17) is 16.7 Å². The smallest absolute Gasteiger partial charge is 0.306 e. The molecule has 3 nitrogen and oxygen atoms in total. The second-order valence-electron chi connectivity index (χ2n) is 3.22. The van der Waals surface area contributed by atoms with Crippen LogP contribution in [0.25, 0.3) is 0 Å². The molecule has 14 heavy (non-hydrogen) atoms. The minimum atomic E-state index is -0.885. The summed E-state index contributed by atoms with van der Waals surface area (Å²) in [6.45, 7) is 1.59. The van der Waals surface area contributed by atoms with E-state index in [1.807, 2.05) is 0 Å². The molecule has 2 N–H and O–H groups in total. The summed E-state index contributed by atoms with van der Waals surface area (Å²) in [5.74, 6) is -1.33. The van der Waals surface area contributed by atoms with Crippen molar-refractivity contribution in [2.45, 2.75) is 13.3 Å². The predicted molar refractivity (Wildman–Crippen MR) is 53.6 cm³/mol. The maximum Gasteiger partial charge on any atom is 0.306 e. The van der Waals surface area contributed by atoms with Crippen LogP contribution in [-0.4, -0.2) is 16.2 Å². The van der Waals surface area contributed by atoms with Crippen molar-refractivity contribution >= 4 is 17.6 Å². The SMILES string of the molecule is CC(Cc1cc(Cl)ccc1O)C(=O)O. The van der Waals surface area contributed by atoms with Crippen molar-refractivity contribution in [3.8, 4) is 5.75 Å². The van der Waals surface area contributed by atoms with Crippen LogP contribution in [0.2, 0.25) is 5.02 Å². The molecule has 0 bridgehead atoms. The lowest BCUT2D eigenvalue weighted by Crippen LogP contribution is -2.12. The van der Waals surface area contributed by atoms with Crippen molar-refractivity contribution in [3.05, 3.63) is 28.8 Å². The van der Waals surface area contributed by atoms with Gasteiger partial charge in [0.2, 0.25) is 0 Å². The van der Waals surface area contributed by atoms with Crippen molar-refractivity contribution in [3.63, 3.8) is 0 Å². The molecule has 1 unspecified atom stereocenters. The summed E-state index contributed by atoms with van der Waals surface area (Å²) >= 11 is 5.72. The average molecular weight is 215 g/mol. The lowest BCUT2D eigenvalue weighted by Gasteiger charge is -2.08. The minimum Gasteiger partial charge on any atom is -0.508 e. The van der Waals surface area contributed by atoms with Crippen LogP contribution in [0.15, 0.2) is 18.2 Å². The second-order valence-corrected chi connectivity index (χ2v) is 3.65. The molecule has 1 aromatic carbocycles. The summed E-state index contributed by atoms with van der Waals surface area (Å²) < 4.78 is 0. The van der Waals surface area contributed by atoms with Gasteiger partial charge in [0.05, 0.1) is 5.92 Å². The normalized spacial score (nSPS) is 12.4. The van der Waals surface area contributed by atoms with E-state index < -0.39 is 11.9 Å². The van der Waals surface area contributed by atoms with Gasteiger partial charge in [-0.1, -0.05) is 18.5 Å². The van der Waals surface area contributed by atoms with Crippen molar-refractivity contribution in [2.75, 3.05) is 0 Å². The number of hydrogen-bond donors (Lipinski definition) is 2. The van der Waals surface area contributed by atoms with Crippen molar-refractivity contribution < 1.29 is 15.0 Å². The van der Waals surface area contributed by atoms with E-state index in [0.29, 0.717) is 10.6 Å². The van der Waals surface area contributed by atoms with Gasteiger partial charge in [0.25, 0.3) is 0 Å². The summed E-state index contributed by atoms with van der Waals surface area (Å²) in [6.07, 6.45) is 0.279. The van der Waals surface area contributed by atoms with Crippen LogP contribution in [-0.2, 0) is 11.2 Å². The van der Waals surface area contributed by atoms with Gasteiger partial charge in [-0.3, -0.25) is 4.79 Å². The molecule has 0 saturated heterocycles. The highest BCUT2D eigenvalue weighted by Gasteiger charge is 2.13. The number of phenols is 1. The average Bonchev–Trinajstić information content (AvgIpc) is 2.11. The number of aliphatic carboxylic acids is 1. The van der Waals surface area contributed by atoms with Crippen LogP contribution >= 0.6 is 11.6 Å². The fourth-order valence-electron chi connectivity index (χ4n) is 1.13. The van der Waals surface area contributed by atoms with Gasteiger partial charge in [-0.25, -0.2) is 0 Å². The molecule has 1 atom stereocenters. The zero-order chi connectivity index (χ0) is 10.7. The number of carboxylic acid groups (broad SMARTS) is 1. The summed E-state index contributed by atoms with van der Waals surface area (Å²) in [4.78, 5) is 10.6. The summed E-state index contributed by atoms with van der Waals surface area (Å²) in [5.41, 5.74) is 0.562. The molecule has 0 radical (unpaired) electrons. The molecule has 0 aliphatic heterocycles. The summed E-state index contributed by atoms with van der Waals surface area (Å²) in [7, 11) is 0. The Hall–Kier alpha value is -1.22. The molecule has 0 aliphatic rings. The summed E-state index contributed by atoms with van der Waals surface area (Å²) in [5, 5.41) is 18.6. The van der Waals surface area contributed by atoms with Gasteiger partial charge in [-0.2, -0.15) is 0 Å². The van der Waals surface area contributed by atoms with Gasteiger partial charge in [0, 0.05) is 5.02 Å². The molecule has 0 aromatic heterocycles. The van der Waals surface area contributed by atoms with Crippen molar-refractivity contribution in [1.29, 1.82) is 0 Å². The van der Waals surface area contributed by atoms with E-state index in [2.05, 4.69) is 0 Å². The first-order chi connectivity index (χ1) is 6.50. The van der Waals surface area contributed by atoms with Crippen LogP contribution in [0.5, 0.6) is 5.75 Å². The van der Waals surface area contributed by atoms with E-state index in [-0.39, 0.29) is 12.2 Å². The Morgan fingerprint density at radius 2 is 2.21 bits per heavy atom. The number of phenolic OH excluding ortho intramolecular Hbond substituents is 1. The van der Waals surface area contributed by atoms with Crippen LogP contribution in [0.4, 0.5) is 0 Å². The van der Waals surface area contributed by atoms with Crippen molar-refractivity contribution in [1.82, 2.24) is 0 Å². The van der Waals surface area contributed by atoms with E-state index >= 15 is 0 Å². The van der Waals surface area contributed by atoms with Gasteiger partial charge < -0.3 is 10.2 Å². The monoisotopic (exact) mass is 214 g/mol. The zero-order valence-corrected chi connectivity index (χ0v) is 8.45. The fourth-order valence-corrected chi connectivity index (χ4v) is 1.33. The maximum absolute atomic E-state index is 10.6. The largest absolute Gasteiger partial charge is 0.508 e. The molecular formula is C10H11ClO3. The Morgan fingerprint density at radius 3 is 2.79 bits per heavy atom. The topological polar surface area (TPSA) is 57.5 Å². The third kappa shape index (κ3) is 2.64. The molecule has 0 heterocycles. The van der Waals surface area contributed by atoms with Crippen LogP contribution in [0.1, 0.15) is 12.5 Å². The molecule has 0 fully saturated rings. The van der Waals surface area contributed by atoms with Crippen LogP contribution < -0.4 is 0 Å². The molecule has 0 amide bonds. The van der Waals surface area contributed by atoms with E-state index in [9.17, 15) is 9.90 Å². The third-order valence-corrected chi connectivity index (χ3v) is 2.22. The quantitative estimate of drug-likeness (QED) is 0.812. The predicted octanol–water partition coefficient (Wildman–Crippen LogP) is 2.31. The Morgan fingerprint density at radius 1 is 1.57 bits per heavy atom. The Kier molecular flexibility index (Phi) is 3.36. The van der Waals surface area contributed by atoms with Gasteiger partial charge in [0.15, 0.2) is 0 Å². The molecular weight excluding hydrogens is 204 g/mol. The first-order valence-electron chi connectivity index (χ1n) is 4.21. The number of halogens is 1. The number of aromatic hydroxyl groups is 1. The van der Waals surface area contributed by atoms with Gasteiger partial charge >= 0.3 is 5.97 Å². The lowest BCUT2D eigenvalue weighted by molar-refractivity contribution is -0.141. The molecule has 0 saturated carbocycles. The lowest BCUT2D eigenvalue weighted by atomic mass is 10.0. The van der Waals surface area contributed by atoms with Gasteiger partial charge in [0.1, 0.15) is 5.75 Å². The Balaban J connectivity index is 2.85. The highest BCUT2D eigenvalue weighted by Crippen LogP contribution is 2.24. The van der Waals surface area contributed by atoms with E-state index in [0.717, 1.165) is 0 Å². The van der Waals surface area contributed by atoms with Gasteiger partial charge in [-0.15, -0.1) is 0 Å². The van der Waals surface area contributed by atoms with Crippen molar-refractivity contribution in [2.24, 2.45) is 5.92 Å². The number of hydrogen-bond acceptors (Lipinski definition) is 2. The van der Waals surface area contributed by atoms with E-state index in [1.165, 1.54) is 6.07 Å². The van der Waals surface area contributed by atoms with Crippen LogP contribution in [0, 0.1) is 5.92 Å². The molecule has 0 spiro atoms. The third-order valence-electron chi connectivity index (χ3n) is 1.99. The number of carboxylic acids is 1. The zero-order valence-electron chi connectivity index (χ0n) is 7.70. The fraction of sp³-hybridized carbons (Fsp3) is 0.300. The number of rotatable bonds is 3. The first-order valence-corrected chi connectivity index (χ1v) is 4.58. The standard InChI is InChI=1S/C10H11ClO3/c1-6(10(13)14)4-7-5-8(11)2-3-9(7)12/h2-3,5-6,12H,4H2,1H3,(H,13,14). The highest BCUT2D eigenvalue weighted by molar-refractivity contribution is 6.30. The Bertz CT molecular complexity index is 349. The molecule has 4 heteroatoms. The maximum atomic E-state index is 10.6. The highest BCUT2D eigenvalue weighted by atomic mass is 35.5. The number of carbonyl (C=O) groups is 1. The molecule has 76 valence electrons. The first kappa shape index (κ1) is 10.9. The minimum absolute atomic E-state index is 0.0856. The van der Waals surface area contributed by atoms with Gasteiger partial charge in [-0.05, 0) is 30.2 Å². The second kappa shape index (κ2) is 4.33. The van der Waals surface area contributed by atoms with E-state index in [1.54, 1.807) is 19.1 Å². The Labute approximate surface area is 86.9 Å². The summed E-state index contributed by atoms with van der Waals surface area (Å²) in [6, 6.07) is 4.61. The molecule has 1 aromatic rings. The van der Waals surface area contributed by atoms with Crippen LogP contribution in [0.3, 0.4) is 0 Å².